The van der Waals surface area contributed by atoms with E-state index in [0.29, 0.717) is 27.5 Å². The zero-order chi connectivity index (χ0) is 17.0. The van der Waals surface area contributed by atoms with Crippen LogP contribution in [0.1, 0.15) is 13.8 Å². The Hall–Kier alpha value is -1.79. The summed E-state index contributed by atoms with van der Waals surface area (Å²) in [5.41, 5.74) is 0.432. The molecule has 1 N–H and O–H groups in total. The highest BCUT2D eigenvalue weighted by Crippen LogP contribution is 2.28. The van der Waals surface area contributed by atoms with E-state index in [0.717, 1.165) is 0 Å². The number of carbonyl (C=O) groups is 1. The van der Waals surface area contributed by atoms with Gasteiger partial charge in [-0.1, -0.05) is 11.6 Å². The Morgan fingerprint density at radius 3 is 2.78 bits per heavy atom. The summed E-state index contributed by atoms with van der Waals surface area (Å²) in [7, 11) is 0. The largest absolute Gasteiger partial charge is 0.480 e. The number of aromatic nitrogens is 1. The van der Waals surface area contributed by atoms with Crippen molar-refractivity contribution in [1.29, 1.82) is 0 Å². The minimum atomic E-state index is -0.713. The van der Waals surface area contributed by atoms with Crippen LogP contribution in [0.25, 0.3) is 0 Å². The van der Waals surface area contributed by atoms with E-state index in [1.807, 2.05) is 6.92 Å². The Bertz CT molecular complexity index is 776. The van der Waals surface area contributed by atoms with E-state index in [2.05, 4.69) is 21.2 Å². The molecule has 0 spiro atoms. The molecular weight excluding hydrogens is 384 g/mol. The number of nitrogens with one attached hydrogen (secondary N) is 1. The number of amides is 1. The first-order chi connectivity index (χ1) is 10.9. The molecule has 0 bridgehead atoms. The highest BCUT2D eigenvalue weighted by Gasteiger charge is 2.16. The van der Waals surface area contributed by atoms with E-state index in [1.54, 1.807) is 37.4 Å². The molecular formula is C16H16BrClN2O3. The summed E-state index contributed by atoms with van der Waals surface area (Å²) < 4.78 is 7.81. The number of aryl methyl sites for hydroxylation is 1. The smallest absolute Gasteiger partial charge is 0.265 e. The number of carbonyl (C=O) groups excluding carboxylic acids is 1. The van der Waals surface area contributed by atoms with Crippen molar-refractivity contribution < 1.29 is 9.53 Å². The van der Waals surface area contributed by atoms with Crippen molar-refractivity contribution in [2.75, 3.05) is 5.32 Å². The van der Waals surface area contributed by atoms with Crippen LogP contribution in [0.4, 0.5) is 5.69 Å². The van der Waals surface area contributed by atoms with Gasteiger partial charge in [-0.25, -0.2) is 0 Å². The molecule has 1 unspecified atom stereocenters. The molecule has 0 aliphatic carbocycles. The van der Waals surface area contributed by atoms with Gasteiger partial charge in [0.2, 0.25) is 0 Å². The fourth-order valence-corrected chi connectivity index (χ4v) is 2.69. The quantitative estimate of drug-likeness (QED) is 0.834. The molecule has 23 heavy (non-hydrogen) atoms. The summed E-state index contributed by atoms with van der Waals surface area (Å²) in [6.45, 7) is 4.04. The summed E-state index contributed by atoms with van der Waals surface area (Å²) in [4.78, 5) is 23.8. The molecule has 2 rings (SSSR count). The monoisotopic (exact) mass is 398 g/mol. The predicted molar refractivity (Wildman–Crippen MR) is 94.2 cm³/mol. The van der Waals surface area contributed by atoms with Gasteiger partial charge in [0.25, 0.3) is 11.5 Å². The van der Waals surface area contributed by atoms with Crippen molar-refractivity contribution in [2.45, 2.75) is 26.5 Å². The van der Waals surface area contributed by atoms with E-state index in [4.69, 9.17) is 16.3 Å². The van der Waals surface area contributed by atoms with E-state index >= 15 is 0 Å². The fraction of sp³-hybridized carbons (Fsp3) is 0.250. The van der Waals surface area contributed by atoms with Crippen LogP contribution in [0.5, 0.6) is 5.75 Å². The third-order valence-electron chi connectivity index (χ3n) is 3.16. The first kappa shape index (κ1) is 17.6. The Labute approximate surface area is 147 Å². The van der Waals surface area contributed by atoms with Crippen molar-refractivity contribution in [1.82, 2.24) is 4.57 Å². The van der Waals surface area contributed by atoms with Gasteiger partial charge >= 0.3 is 0 Å². The number of benzene rings is 1. The molecule has 1 atom stereocenters. The van der Waals surface area contributed by atoms with Crippen molar-refractivity contribution in [3.05, 3.63) is 56.4 Å². The third kappa shape index (κ3) is 4.59. The average Bonchev–Trinajstić information content (AvgIpc) is 2.51. The van der Waals surface area contributed by atoms with Crippen LogP contribution in [0.15, 0.2) is 45.8 Å². The van der Waals surface area contributed by atoms with E-state index < -0.39 is 6.10 Å². The van der Waals surface area contributed by atoms with Crippen molar-refractivity contribution >= 4 is 39.1 Å². The predicted octanol–water partition coefficient (Wildman–Crippen LogP) is 3.69. The Kier molecular flexibility index (Phi) is 5.85. The normalized spacial score (nSPS) is 11.8. The van der Waals surface area contributed by atoms with Crippen LogP contribution in [0, 0.1) is 0 Å². The Balaban J connectivity index is 2.06. The van der Waals surface area contributed by atoms with Crippen molar-refractivity contribution in [3.8, 4) is 5.75 Å². The van der Waals surface area contributed by atoms with Gasteiger partial charge in [-0.05, 0) is 54.0 Å². The van der Waals surface area contributed by atoms with Crippen LogP contribution in [0.2, 0.25) is 5.02 Å². The zero-order valence-corrected chi connectivity index (χ0v) is 15.0. The molecule has 0 aliphatic heterocycles. The van der Waals surface area contributed by atoms with E-state index in [9.17, 15) is 9.59 Å². The number of ether oxygens (including phenoxy) is 1. The Morgan fingerprint density at radius 1 is 1.39 bits per heavy atom. The van der Waals surface area contributed by atoms with Crippen LogP contribution < -0.4 is 15.6 Å². The number of hydrogen-bond acceptors (Lipinski definition) is 3. The van der Waals surface area contributed by atoms with Gasteiger partial charge in [-0.15, -0.1) is 0 Å². The SMILES string of the molecule is CCn1cc(NC(=O)C(C)Oc2ccc(Cl)cc2Br)ccc1=O. The average molecular weight is 400 g/mol. The van der Waals surface area contributed by atoms with Crippen LogP contribution >= 0.6 is 27.5 Å². The van der Waals surface area contributed by atoms with Crippen molar-refractivity contribution in [2.24, 2.45) is 0 Å². The molecule has 1 aromatic carbocycles. The summed E-state index contributed by atoms with van der Waals surface area (Å²) >= 11 is 9.21. The second-order valence-corrected chi connectivity index (χ2v) is 6.16. The maximum absolute atomic E-state index is 12.2. The Morgan fingerprint density at radius 2 is 2.13 bits per heavy atom. The lowest BCUT2D eigenvalue weighted by molar-refractivity contribution is -0.122. The number of hydrogen-bond donors (Lipinski definition) is 1. The first-order valence-electron chi connectivity index (χ1n) is 7.03. The number of anilines is 1. The molecule has 0 aliphatic rings. The second kappa shape index (κ2) is 7.66. The molecule has 122 valence electrons. The van der Waals surface area contributed by atoms with Gasteiger partial charge in [0.05, 0.1) is 10.2 Å². The highest BCUT2D eigenvalue weighted by molar-refractivity contribution is 9.10. The van der Waals surface area contributed by atoms with Crippen LogP contribution in [-0.4, -0.2) is 16.6 Å². The maximum Gasteiger partial charge on any atom is 0.265 e. The number of rotatable bonds is 5. The molecule has 1 aromatic heterocycles. The van der Waals surface area contributed by atoms with Gasteiger partial charge in [0.1, 0.15) is 5.75 Å². The zero-order valence-electron chi connectivity index (χ0n) is 12.7. The molecule has 2 aromatic rings. The summed E-state index contributed by atoms with van der Waals surface area (Å²) in [5.74, 6) is 0.212. The highest BCUT2D eigenvalue weighted by atomic mass is 79.9. The van der Waals surface area contributed by atoms with E-state index in [1.165, 1.54) is 10.6 Å². The number of nitrogens with zero attached hydrogens (tertiary/aromatic N) is 1. The standard InChI is InChI=1S/C16H16BrClN2O3/c1-3-20-9-12(5-7-15(20)21)19-16(22)10(2)23-14-6-4-11(18)8-13(14)17/h4-10H,3H2,1-2H3,(H,19,22). The topological polar surface area (TPSA) is 60.3 Å². The van der Waals surface area contributed by atoms with E-state index in [-0.39, 0.29) is 11.5 Å². The molecule has 0 radical (unpaired) electrons. The van der Waals surface area contributed by atoms with Crippen molar-refractivity contribution in [3.63, 3.8) is 0 Å². The summed E-state index contributed by atoms with van der Waals surface area (Å²) in [5, 5.41) is 3.30. The molecule has 7 heteroatoms. The lowest BCUT2D eigenvalue weighted by Crippen LogP contribution is -2.31. The second-order valence-electron chi connectivity index (χ2n) is 4.87. The van der Waals surface area contributed by atoms with Gasteiger partial charge in [-0.3, -0.25) is 9.59 Å². The lowest BCUT2D eigenvalue weighted by atomic mass is 10.3. The van der Waals surface area contributed by atoms with Gasteiger partial charge < -0.3 is 14.6 Å². The molecule has 0 fully saturated rings. The molecule has 1 amide bonds. The first-order valence-corrected chi connectivity index (χ1v) is 8.21. The van der Waals surface area contributed by atoms with Crippen LogP contribution in [-0.2, 0) is 11.3 Å². The van der Waals surface area contributed by atoms with Gasteiger partial charge in [0.15, 0.2) is 6.10 Å². The maximum atomic E-state index is 12.2. The van der Waals surface area contributed by atoms with Crippen LogP contribution in [0.3, 0.4) is 0 Å². The van der Waals surface area contributed by atoms with Gasteiger partial charge in [-0.2, -0.15) is 0 Å². The number of pyridine rings is 1. The summed E-state index contributed by atoms with van der Waals surface area (Å²) in [6.07, 6.45) is 0.889. The van der Waals surface area contributed by atoms with Gasteiger partial charge in [0, 0.05) is 23.8 Å². The number of halogens is 2. The molecule has 5 nitrogen and oxygen atoms in total. The molecule has 0 saturated heterocycles. The third-order valence-corrected chi connectivity index (χ3v) is 4.01. The minimum Gasteiger partial charge on any atom is -0.480 e. The summed E-state index contributed by atoms with van der Waals surface area (Å²) in [6, 6.07) is 8.05. The fourth-order valence-electron chi connectivity index (χ4n) is 1.91. The molecule has 1 heterocycles. The minimum absolute atomic E-state index is 0.111. The molecule has 0 saturated carbocycles. The lowest BCUT2D eigenvalue weighted by Gasteiger charge is -2.16.